The summed E-state index contributed by atoms with van der Waals surface area (Å²) in [6.07, 6.45) is -4.42. The van der Waals surface area contributed by atoms with Crippen molar-refractivity contribution >= 4 is 35.2 Å². The summed E-state index contributed by atoms with van der Waals surface area (Å²) in [5.41, 5.74) is 0.252. The summed E-state index contributed by atoms with van der Waals surface area (Å²) in [6.45, 7) is 1.43. The van der Waals surface area contributed by atoms with Crippen LogP contribution in [0.1, 0.15) is 16.4 Å². The first kappa shape index (κ1) is 13.1. The second kappa shape index (κ2) is 4.48. The Balaban J connectivity index is 3.21. The lowest BCUT2D eigenvalue weighted by Crippen LogP contribution is -2.17. The molecule has 1 atom stereocenters. The van der Waals surface area contributed by atoms with Crippen molar-refractivity contribution in [1.82, 2.24) is 0 Å². The topological polar surface area (TPSA) is 0 Å². The van der Waals surface area contributed by atoms with E-state index in [4.69, 9.17) is 0 Å². The third-order valence-electron chi connectivity index (χ3n) is 1.91. The Bertz CT molecular complexity index is 375. The summed E-state index contributed by atoms with van der Waals surface area (Å²) in [7, 11) is 0. The van der Waals surface area contributed by atoms with E-state index in [0.29, 0.717) is 0 Å². The van der Waals surface area contributed by atoms with E-state index < -0.39 is 17.2 Å². The van der Waals surface area contributed by atoms with Gasteiger partial charge in [0.2, 0.25) is 0 Å². The fourth-order valence-corrected chi connectivity index (χ4v) is 1.90. The van der Waals surface area contributed by atoms with Crippen molar-refractivity contribution in [2.24, 2.45) is 0 Å². The molecule has 0 bridgehead atoms. The number of hydrogen-bond donors (Lipinski definition) is 1. The van der Waals surface area contributed by atoms with Gasteiger partial charge in [0.05, 0.1) is 0 Å². The Hall–Kier alpha value is 0.0200. The minimum absolute atomic E-state index is 0.00312. The van der Waals surface area contributed by atoms with Gasteiger partial charge in [-0.25, -0.2) is 4.39 Å². The van der Waals surface area contributed by atoms with Crippen LogP contribution in [0.2, 0.25) is 0 Å². The quantitative estimate of drug-likeness (QED) is 0.437. The Morgan fingerprint density at radius 1 is 1.33 bits per heavy atom. The number of halogens is 5. The molecule has 0 fully saturated rings. The Kier molecular flexibility index (Phi) is 3.91. The molecule has 0 nitrogen and oxygen atoms in total. The van der Waals surface area contributed by atoms with Crippen molar-refractivity contribution in [2.75, 3.05) is 0 Å². The van der Waals surface area contributed by atoms with Crippen LogP contribution in [-0.2, 0) is 0 Å². The van der Waals surface area contributed by atoms with Crippen molar-refractivity contribution in [1.29, 1.82) is 0 Å². The molecule has 0 aliphatic heterocycles. The van der Waals surface area contributed by atoms with Gasteiger partial charge in [-0.2, -0.15) is 25.8 Å². The van der Waals surface area contributed by atoms with Gasteiger partial charge in [-0.1, -0.05) is 0 Å². The lowest BCUT2D eigenvalue weighted by Gasteiger charge is -2.17. The van der Waals surface area contributed by atoms with E-state index in [1.807, 2.05) is 0 Å². The fraction of sp³-hybridized carbons (Fsp3) is 0.333. The number of aryl methyl sites for hydroxylation is 1. The number of thiol groups is 1. The smallest absolute Gasteiger partial charge is 0.206 e. The molecule has 0 heterocycles. The zero-order valence-electron chi connectivity index (χ0n) is 7.57. The van der Waals surface area contributed by atoms with E-state index in [-0.39, 0.29) is 14.7 Å². The average Bonchev–Trinajstić information content (AvgIpc) is 2.08. The molecule has 0 spiro atoms. The van der Waals surface area contributed by atoms with Gasteiger partial charge < -0.3 is 0 Å². The molecule has 6 heteroatoms. The van der Waals surface area contributed by atoms with Crippen molar-refractivity contribution in [3.63, 3.8) is 0 Å². The molecule has 0 amide bonds. The Labute approximate surface area is 104 Å². The predicted octanol–water partition coefficient (Wildman–Crippen LogP) is 4.27. The standard InChI is InChI=1S/C9H7F4IS/c1-4-2-6(10)7(14)3-5(4)8(15)9(11,12)13/h2-3,8,15H,1H3. The van der Waals surface area contributed by atoms with Crippen LogP contribution < -0.4 is 0 Å². The van der Waals surface area contributed by atoms with Crippen LogP contribution in [0.25, 0.3) is 0 Å². The lowest BCUT2D eigenvalue weighted by atomic mass is 10.1. The fourth-order valence-electron chi connectivity index (χ4n) is 1.13. The van der Waals surface area contributed by atoms with Gasteiger partial charge in [0.1, 0.15) is 11.1 Å². The SMILES string of the molecule is Cc1cc(F)c(I)cc1C(S)C(F)(F)F. The first-order chi connectivity index (χ1) is 6.73. The predicted molar refractivity (Wildman–Crippen MR) is 61.6 cm³/mol. The zero-order valence-corrected chi connectivity index (χ0v) is 10.6. The zero-order chi connectivity index (χ0) is 11.8. The highest BCUT2D eigenvalue weighted by atomic mass is 127. The van der Waals surface area contributed by atoms with Gasteiger partial charge in [-0.3, -0.25) is 0 Å². The third-order valence-corrected chi connectivity index (χ3v) is 3.31. The molecule has 0 radical (unpaired) electrons. The number of hydrogen-bond acceptors (Lipinski definition) is 1. The average molecular weight is 350 g/mol. The molecule has 1 aromatic carbocycles. The summed E-state index contributed by atoms with van der Waals surface area (Å²) in [4.78, 5) is 0. The molecular weight excluding hydrogens is 343 g/mol. The maximum atomic E-state index is 13.0. The first-order valence-electron chi connectivity index (χ1n) is 3.94. The molecular formula is C9H7F4IS. The number of alkyl halides is 3. The van der Waals surface area contributed by atoms with Crippen LogP contribution in [-0.4, -0.2) is 6.18 Å². The maximum Gasteiger partial charge on any atom is 0.404 e. The van der Waals surface area contributed by atoms with Crippen LogP contribution in [0.15, 0.2) is 12.1 Å². The normalized spacial score (nSPS) is 14.1. The molecule has 0 aliphatic rings. The lowest BCUT2D eigenvalue weighted by molar-refractivity contribution is -0.129. The second-order valence-corrected chi connectivity index (χ2v) is 4.75. The maximum absolute atomic E-state index is 13.0. The summed E-state index contributed by atoms with van der Waals surface area (Å²) >= 11 is 5.15. The van der Waals surface area contributed by atoms with E-state index in [1.54, 1.807) is 22.6 Å². The summed E-state index contributed by atoms with van der Waals surface area (Å²) in [5, 5.41) is -1.87. The van der Waals surface area contributed by atoms with Crippen LogP contribution in [0.3, 0.4) is 0 Å². The van der Waals surface area contributed by atoms with Gasteiger partial charge in [0.15, 0.2) is 0 Å². The third kappa shape index (κ3) is 2.99. The van der Waals surface area contributed by atoms with E-state index in [2.05, 4.69) is 12.6 Å². The summed E-state index contributed by atoms with van der Waals surface area (Å²) in [6, 6.07) is 2.27. The molecule has 0 saturated carbocycles. The Morgan fingerprint density at radius 3 is 2.33 bits per heavy atom. The number of rotatable bonds is 1. The second-order valence-electron chi connectivity index (χ2n) is 3.07. The van der Waals surface area contributed by atoms with Crippen LogP contribution in [0.5, 0.6) is 0 Å². The minimum Gasteiger partial charge on any atom is -0.206 e. The highest BCUT2D eigenvalue weighted by molar-refractivity contribution is 14.1. The Morgan fingerprint density at radius 2 is 1.87 bits per heavy atom. The van der Waals surface area contributed by atoms with Crippen molar-refractivity contribution in [3.8, 4) is 0 Å². The number of benzene rings is 1. The molecule has 0 saturated heterocycles. The van der Waals surface area contributed by atoms with Gasteiger partial charge in [0, 0.05) is 3.57 Å². The van der Waals surface area contributed by atoms with Crippen LogP contribution >= 0.6 is 35.2 Å². The van der Waals surface area contributed by atoms with E-state index in [9.17, 15) is 17.6 Å². The molecule has 0 aromatic heterocycles. The van der Waals surface area contributed by atoms with E-state index in [0.717, 1.165) is 6.07 Å². The van der Waals surface area contributed by atoms with Crippen LogP contribution in [0, 0.1) is 16.3 Å². The van der Waals surface area contributed by atoms with Gasteiger partial charge >= 0.3 is 6.18 Å². The van der Waals surface area contributed by atoms with Crippen LogP contribution in [0.4, 0.5) is 17.6 Å². The van der Waals surface area contributed by atoms with Gasteiger partial charge in [-0.05, 0) is 52.8 Å². The van der Waals surface area contributed by atoms with Gasteiger partial charge in [0.25, 0.3) is 0 Å². The molecule has 0 N–H and O–H groups in total. The molecule has 1 aromatic rings. The molecule has 0 aliphatic carbocycles. The summed E-state index contributed by atoms with van der Waals surface area (Å²) < 4.78 is 50.3. The van der Waals surface area contributed by atoms with Crippen molar-refractivity contribution in [2.45, 2.75) is 18.3 Å². The van der Waals surface area contributed by atoms with Crippen molar-refractivity contribution in [3.05, 3.63) is 32.6 Å². The molecule has 1 rings (SSSR count). The van der Waals surface area contributed by atoms with Crippen molar-refractivity contribution < 1.29 is 17.6 Å². The largest absolute Gasteiger partial charge is 0.404 e. The monoisotopic (exact) mass is 350 g/mol. The minimum atomic E-state index is -4.42. The highest BCUT2D eigenvalue weighted by Crippen LogP contribution is 2.39. The highest BCUT2D eigenvalue weighted by Gasteiger charge is 2.39. The molecule has 84 valence electrons. The first-order valence-corrected chi connectivity index (χ1v) is 5.53. The molecule has 1 unspecified atom stereocenters. The van der Waals surface area contributed by atoms with E-state index in [1.165, 1.54) is 13.0 Å². The van der Waals surface area contributed by atoms with Gasteiger partial charge in [-0.15, -0.1) is 0 Å². The summed E-state index contributed by atoms with van der Waals surface area (Å²) in [5.74, 6) is -0.514. The molecule has 15 heavy (non-hydrogen) atoms. The van der Waals surface area contributed by atoms with E-state index >= 15 is 0 Å².